The second-order valence-corrected chi connectivity index (χ2v) is 9.72. The minimum Gasteiger partial charge on any atom is -0.432 e. The lowest BCUT2D eigenvalue weighted by Gasteiger charge is -2.18. The molecule has 0 saturated carbocycles. The van der Waals surface area contributed by atoms with Crippen molar-refractivity contribution < 1.29 is 14.2 Å². The SMILES string of the molecule is CCO/N=C(\C(=O)OP(=S)(CC)CC)c1csc(N)n1. The summed E-state index contributed by atoms with van der Waals surface area (Å²) >= 11 is 6.62. The van der Waals surface area contributed by atoms with Crippen molar-refractivity contribution in [3.63, 3.8) is 0 Å². The first-order valence-electron chi connectivity index (χ1n) is 6.19. The lowest BCUT2D eigenvalue weighted by Crippen LogP contribution is -2.19. The highest BCUT2D eigenvalue weighted by Gasteiger charge is 2.25. The van der Waals surface area contributed by atoms with Crippen molar-refractivity contribution in [3.05, 3.63) is 11.1 Å². The molecule has 0 bridgehead atoms. The van der Waals surface area contributed by atoms with E-state index in [1.807, 2.05) is 13.8 Å². The molecule has 0 radical (unpaired) electrons. The van der Waals surface area contributed by atoms with Crippen LogP contribution in [0.25, 0.3) is 0 Å². The van der Waals surface area contributed by atoms with E-state index >= 15 is 0 Å². The highest BCUT2D eigenvalue weighted by Crippen LogP contribution is 2.46. The Hall–Kier alpha value is -0.980. The normalized spacial score (nSPS) is 12.2. The predicted molar refractivity (Wildman–Crippen MR) is 86.1 cm³/mol. The Balaban J connectivity index is 3.01. The van der Waals surface area contributed by atoms with Crippen LogP contribution in [0.4, 0.5) is 5.13 Å². The van der Waals surface area contributed by atoms with Crippen LogP contribution in [0.5, 0.6) is 0 Å². The summed E-state index contributed by atoms with van der Waals surface area (Å²) in [6, 6.07) is 0. The maximum absolute atomic E-state index is 12.2. The Kier molecular flexibility index (Phi) is 6.58. The molecule has 1 aromatic rings. The summed E-state index contributed by atoms with van der Waals surface area (Å²) in [6.07, 6.45) is -0.856. The molecule has 0 unspecified atom stereocenters. The van der Waals surface area contributed by atoms with E-state index in [2.05, 4.69) is 10.1 Å². The minimum atomic E-state index is -2.15. The maximum Gasteiger partial charge on any atom is 0.366 e. The largest absolute Gasteiger partial charge is 0.432 e. The van der Waals surface area contributed by atoms with Gasteiger partial charge in [-0.2, -0.15) is 0 Å². The van der Waals surface area contributed by atoms with Crippen molar-refractivity contribution in [2.75, 3.05) is 24.7 Å². The summed E-state index contributed by atoms with van der Waals surface area (Å²) in [7, 11) is 0. The standard InChI is InChI=1S/C11H18N3O3PS2/c1-4-16-14-9(8-7-20-11(12)13-8)10(15)17-18(19,5-2)6-3/h7H,4-6H2,1-3H3,(H2,12,13)/b14-9-. The van der Waals surface area contributed by atoms with Gasteiger partial charge in [-0.15, -0.1) is 11.3 Å². The van der Waals surface area contributed by atoms with E-state index in [-0.39, 0.29) is 5.71 Å². The predicted octanol–water partition coefficient (Wildman–Crippen LogP) is 2.44. The number of hydrogen-bond donors (Lipinski definition) is 1. The van der Waals surface area contributed by atoms with E-state index < -0.39 is 12.2 Å². The van der Waals surface area contributed by atoms with Crippen LogP contribution in [-0.4, -0.2) is 35.6 Å². The fourth-order valence-corrected chi connectivity index (χ4v) is 3.11. The molecule has 20 heavy (non-hydrogen) atoms. The molecule has 1 heterocycles. The van der Waals surface area contributed by atoms with Gasteiger partial charge in [-0.3, -0.25) is 0 Å². The van der Waals surface area contributed by atoms with Crippen LogP contribution in [0, 0.1) is 0 Å². The number of oxime groups is 1. The average molecular weight is 335 g/mol. The molecule has 9 heteroatoms. The van der Waals surface area contributed by atoms with Gasteiger partial charge in [0.2, 0.25) is 5.71 Å². The van der Waals surface area contributed by atoms with E-state index in [0.717, 1.165) is 0 Å². The third kappa shape index (κ3) is 4.54. The number of nitrogens with two attached hydrogens (primary N) is 1. The molecule has 0 aromatic carbocycles. The Bertz CT molecular complexity index is 537. The summed E-state index contributed by atoms with van der Waals surface area (Å²) < 4.78 is 5.46. The number of carbonyl (C=O) groups excluding carboxylic acids is 1. The topological polar surface area (TPSA) is 86.8 Å². The van der Waals surface area contributed by atoms with Crippen molar-refractivity contribution in [1.29, 1.82) is 0 Å². The van der Waals surface area contributed by atoms with Gasteiger partial charge in [0.1, 0.15) is 18.6 Å². The fourth-order valence-electron chi connectivity index (χ4n) is 1.26. The Labute approximate surface area is 127 Å². The summed E-state index contributed by atoms with van der Waals surface area (Å²) in [4.78, 5) is 21.2. The molecule has 1 aromatic heterocycles. The molecule has 0 saturated heterocycles. The van der Waals surface area contributed by atoms with Gasteiger partial charge in [0, 0.05) is 17.7 Å². The van der Waals surface area contributed by atoms with Crippen LogP contribution in [-0.2, 0) is 26.0 Å². The molecule has 0 aliphatic rings. The zero-order valence-corrected chi connectivity index (χ0v) is 14.2. The van der Waals surface area contributed by atoms with Crippen molar-refractivity contribution in [2.45, 2.75) is 20.8 Å². The van der Waals surface area contributed by atoms with Crippen molar-refractivity contribution in [1.82, 2.24) is 4.98 Å². The average Bonchev–Trinajstić information content (AvgIpc) is 2.85. The van der Waals surface area contributed by atoms with Gasteiger partial charge in [-0.1, -0.05) is 30.8 Å². The molecule has 0 atom stereocenters. The van der Waals surface area contributed by atoms with E-state index in [1.165, 1.54) is 11.3 Å². The number of aromatic nitrogens is 1. The zero-order chi connectivity index (χ0) is 15.2. The van der Waals surface area contributed by atoms with Gasteiger partial charge < -0.3 is 15.1 Å². The third-order valence-corrected chi connectivity index (χ3v) is 7.33. The molecular weight excluding hydrogens is 317 g/mol. The molecule has 0 aliphatic carbocycles. The zero-order valence-electron chi connectivity index (χ0n) is 11.7. The van der Waals surface area contributed by atoms with E-state index in [0.29, 0.717) is 29.8 Å². The molecule has 112 valence electrons. The molecular formula is C11H18N3O3PS2. The van der Waals surface area contributed by atoms with E-state index in [9.17, 15) is 4.79 Å². The number of nitrogens with zero attached hydrogens (tertiary/aromatic N) is 2. The summed E-state index contributed by atoms with van der Waals surface area (Å²) in [6.45, 7) is 5.94. The Morgan fingerprint density at radius 2 is 2.15 bits per heavy atom. The number of rotatable bonds is 7. The number of anilines is 1. The van der Waals surface area contributed by atoms with Crippen LogP contribution in [0.15, 0.2) is 10.5 Å². The van der Waals surface area contributed by atoms with Crippen LogP contribution < -0.4 is 5.73 Å². The first kappa shape index (κ1) is 17.1. The van der Waals surface area contributed by atoms with E-state index in [4.69, 9.17) is 26.9 Å². The molecule has 2 N–H and O–H groups in total. The van der Waals surface area contributed by atoms with Crippen LogP contribution >= 0.6 is 17.6 Å². The number of nitrogen functional groups attached to an aromatic ring is 1. The smallest absolute Gasteiger partial charge is 0.366 e. The molecule has 6 nitrogen and oxygen atoms in total. The molecule has 0 fully saturated rings. The van der Waals surface area contributed by atoms with Gasteiger partial charge >= 0.3 is 5.97 Å². The van der Waals surface area contributed by atoms with Crippen LogP contribution in [0.1, 0.15) is 26.5 Å². The molecule has 0 aliphatic heterocycles. The van der Waals surface area contributed by atoms with Crippen LogP contribution in [0.3, 0.4) is 0 Å². The number of carbonyl (C=O) groups is 1. The molecule has 0 spiro atoms. The summed E-state index contributed by atoms with van der Waals surface area (Å²) in [5, 5.41) is 5.76. The van der Waals surface area contributed by atoms with Gasteiger partial charge in [-0.25, -0.2) is 9.78 Å². The number of thiazole rings is 1. The lowest BCUT2D eigenvalue weighted by molar-refractivity contribution is -0.126. The van der Waals surface area contributed by atoms with Crippen molar-refractivity contribution in [2.24, 2.45) is 5.16 Å². The molecule has 1 rings (SSSR count). The van der Waals surface area contributed by atoms with E-state index in [1.54, 1.807) is 12.3 Å². The Morgan fingerprint density at radius 1 is 1.50 bits per heavy atom. The minimum absolute atomic E-state index is 0.0101. The van der Waals surface area contributed by atoms with Crippen LogP contribution in [0.2, 0.25) is 0 Å². The maximum atomic E-state index is 12.2. The first-order chi connectivity index (χ1) is 9.45. The first-order valence-corrected chi connectivity index (χ1v) is 10.2. The van der Waals surface area contributed by atoms with Gasteiger partial charge in [-0.05, 0) is 6.92 Å². The second-order valence-electron chi connectivity index (χ2n) is 3.75. The highest BCUT2D eigenvalue weighted by molar-refractivity contribution is 8.12. The monoisotopic (exact) mass is 335 g/mol. The Morgan fingerprint density at radius 3 is 2.60 bits per heavy atom. The quantitative estimate of drug-likeness (QED) is 0.468. The lowest BCUT2D eigenvalue weighted by atomic mass is 10.3. The van der Waals surface area contributed by atoms with Gasteiger partial charge in [0.15, 0.2) is 5.13 Å². The number of hydrogen-bond acceptors (Lipinski definition) is 8. The van der Waals surface area contributed by atoms with Gasteiger partial charge in [0.05, 0.1) is 0 Å². The highest BCUT2D eigenvalue weighted by atomic mass is 32.4. The van der Waals surface area contributed by atoms with Crippen molar-refractivity contribution in [3.8, 4) is 0 Å². The van der Waals surface area contributed by atoms with Gasteiger partial charge in [0.25, 0.3) is 0 Å². The van der Waals surface area contributed by atoms with Crippen molar-refractivity contribution >= 4 is 46.2 Å². The fraction of sp³-hybridized carbons (Fsp3) is 0.545. The summed E-state index contributed by atoms with van der Waals surface area (Å²) in [5.41, 5.74) is 5.93. The summed E-state index contributed by atoms with van der Waals surface area (Å²) in [5.74, 6) is -0.601. The third-order valence-electron chi connectivity index (χ3n) is 2.46. The second kappa shape index (κ2) is 7.71. The molecule has 0 amide bonds.